The lowest BCUT2D eigenvalue weighted by Crippen LogP contribution is -2.48. The maximum atomic E-state index is 12.6. The normalized spacial score (nSPS) is 14.4. The lowest BCUT2D eigenvalue weighted by atomic mass is 10.0. The zero-order valence-electron chi connectivity index (χ0n) is 13.2. The summed E-state index contributed by atoms with van der Waals surface area (Å²) in [6.07, 6.45) is 2.88. The second-order valence-corrected chi connectivity index (χ2v) is 5.89. The molecular weight excluding hydrogens is 324 g/mol. The summed E-state index contributed by atoms with van der Waals surface area (Å²) < 4.78 is 6.82. The van der Waals surface area contributed by atoms with Crippen molar-refractivity contribution in [2.75, 3.05) is 19.6 Å². The number of amides is 2. The number of primary amides is 1. The minimum atomic E-state index is -0.710. The van der Waals surface area contributed by atoms with Crippen LogP contribution in [0.5, 0.6) is 0 Å². The molecule has 2 amide bonds. The van der Waals surface area contributed by atoms with E-state index in [9.17, 15) is 9.59 Å². The molecule has 25 heavy (non-hydrogen) atoms. The molecule has 9 nitrogen and oxygen atoms in total. The molecule has 3 aromatic rings. The number of rotatable bonds is 5. The van der Waals surface area contributed by atoms with Gasteiger partial charge in [0, 0.05) is 25.6 Å². The van der Waals surface area contributed by atoms with Crippen LogP contribution in [0, 0.1) is 5.92 Å². The molecule has 1 aliphatic rings. The molecule has 1 fully saturated rings. The van der Waals surface area contributed by atoms with Crippen molar-refractivity contribution in [3.05, 3.63) is 42.2 Å². The molecule has 0 aromatic carbocycles. The van der Waals surface area contributed by atoms with Crippen molar-refractivity contribution in [3.63, 3.8) is 0 Å². The Morgan fingerprint density at radius 1 is 1.44 bits per heavy atom. The molecule has 9 heteroatoms. The average molecular weight is 340 g/mol. The lowest BCUT2D eigenvalue weighted by Gasteiger charge is -2.27. The molecule has 3 aromatic heterocycles. The predicted molar refractivity (Wildman–Crippen MR) is 87.9 cm³/mol. The average Bonchev–Trinajstić information content (AvgIpc) is 3.21. The Morgan fingerprint density at radius 3 is 2.92 bits per heavy atom. The topological polar surface area (TPSA) is 128 Å². The number of aromatic nitrogens is 3. The number of furan rings is 1. The smallest absolute Gasteiger partial charge is 0.271 e. The molecule has 0 atom stereocenters. The van der Waals surface area contributed by atoms with Crippen molar-refractivity contribution < 1.29 is 14.0 Å². The highest BCUT2D eigenvalue weighted by Gasteiger charge is 2.22. The SMILES string of the molecule is NC(=O)c1ncn2c(C(=O)NCC3CNC3)cc(-c3ccco3)nc12. The molecule has 128 valence electrons. The van der Waals surface area contributed by atoms with Crippen molar-refractivity contribution in [1.82, 2.24) is 25.0 Å². The predicted octanol–water partition coefficient (Wildman–Crippen LogP) is 0.0374. The van der Waals surface area contributed by atoms with Gasteiger partial charge in [0.15, 0.2) is 17.1 Å². The van der Waals surface area contributed by atoms with Gasteiger partial charge in [-0.2, -0.15) is 0 Å². The van der Waals surface area contributed by atoms with Crippen molar-refractivity contribution in [3.8, 4) is 11.5 Å². The fourth-order valence-electron chi connectivity index (χ4n) is 2.69. The molecule has 4 rings (SSSR count). The van der Waals surface area contributed by atoms with Crippen LogP contribution in [-0.4, -0.2) is 45.8 Å². The minimum Gasteiger partial charge on any atom is -0.463 e. The Balaban J connectivity index is 1.77. The fraction of sp³-hybridized carbons (Fsp3) is 0.250. The van der Waals surface area contributed by atoms with Gasteiger partial charge in [-0.05, 0) is 18.2 Å². The Morgan fingerprint density at radius 2 is 2.28 bits per heavy atom. The fourth-order valence-corrected chi connectivity index (χ4v) is 2.69. The van der Waals surface area contributed by atoms with Gasteiger partial charge in [0.25, 0.3) is 11.8 Å². The van der Waals surface area contributed by atoms with Gasteiger partial charge in [0.05, 0.1) is 6.26 Å². The van der Waals surface area contributed by atoms with E-state index in [0.29, 0.717) is 29.6 Å². The first kappa shape index (κ1) is 15.3. The number of fused-ring (bicyclic) bond motifs is 1. The van der Waals surface area contributed by atoms with Gasteiger partial charge in [-0.3, -0.25) is 14.0 Å². The van der Waals surface area contributed by atoms with Crippen LogP contribution in [0.3, 0.4) is 0 Å². The van der Waals surface area contributed by atoms with Crippen molar-refractivity contribution >= 4 is 17.5 Å². The number of hydrogen-bond acceptors (Lipinski definition) is 6. The molecule has 1 saturated heterocycles. The zero-order chi connectivity index (χ0) is 17.4. The standard InChI is InChI=1S/C16H16N6O3/c17-14(23)13-15-21-10(12-2-1-3-25-12)4-11(22(15)8-20-13)16(24)19-7-9-5-18-6-9/h1-4,8-9,18H,5-7H2,(H2,17,23)(H,19,24). The molecular formula is C16H16N6O3. The molecule has 4 N–H and O–H groups in total. The number of carbonyl (C=O) groups is 2. The minimum absolute atomic E-state index is 0.00523. The van der Waals surface area contributed by atoms with Gasteiger partial charge in [0.1, 0.15) is 17.7 Å². The van der Waals surface area contributed by atoms with Crippen LogP contribution in [-0.2, 0) is 0 Å². The lowest BCUT2D eigenvalue weighted by molar-refractivity contribution is 0.0934. The molecule has 0 unspecified atom stereocenters. The number of nitrogens with one attached hydrogen (secondary N) is 2. The number of imidazole rings is 1. The largest absolute Gasteiger partial charge is 0.463 e. The van der Waals surface area contributed by atoms with E-state index >= 15 is 0 Å². The number of hydrogen-bond donors (Lipinski definition) is 3. The van der Waals surface area contributed by atoms with Gasteiger partial charge >= 0.3 is 0 Å². The van der Waals surface area contributed by atoms with Crippen molar-refractivity contribution in [2.45, 2.75) is 0 Å². The third kappa shape index (κ3) is 2.74. The maximum absolute atomic E-state index is 12.6. The zero-order valence-corrected chi connectivity index (χ0v) is 13.2. The Bertz CT molecular complexity index is 942. The second-order valence-electron chi connectivity index (χ2n) is 5.89. The Kier molecular flexibility index (Phi) is 3.69. The maximum Gasteiger partial charge on any atom is 0.271 e. The van der Waals surface area contributed by atoms with Gasteiger partial charge < -0.3 is 20.8 Å². The summed E-state index contributed by atoms with van der Waals surface area (Å²) in [6.45, 7) is 2.35. The van der Waals surface area contributed by atoms with Crippen LogP contribution in [0.2, 0.25) is 0 Å². The molecule has 4 heterocycles. The van der Waals surface area contributed by atoms with Gasteiger partial charge in [0.2, 0.25) is 0 Å². The number of nitrogens with two attached hydrogens (primary N) is 1. The summed E-state index contributed by atoms with van der Waals surface area (Å²) in [4.78, 5) is 32.6. The van der Waals surface area contributed by atoms with E-state index in [1.807, 2.05) is 0 Å². The summed E-state index contributed by atoms with van der Waals surface area (Å²) in [5.74, 6) is -0.0785. The van der Waals surface area contributed by atoms with Crippen molar-refractivity contribution in [1.29, 1.82) is 0 Å². The van der Waals surface area contributed by atoms with E-state index in [4.69, 9.17) is 10.2 Å². The molecule has 1 aliphatic heterocycles. The summed E-state index contributed by atoms with van der Waals surface area (Å²) in [5, 5.41) is 6.06. The second kappa shape index (κ2) is 6.02. The van der Waals surface area contributed by atoms with E-state index < -0.39 is 5.91 Å². The Hall–Kier alpha value is -3.20. The quantitative estimate of drug-likeness (QED) is 0.601. The summed E-state index contributed by atoms with van der Waals surface area (Å²) in [5.41, 5.74) is 6.32. The van der Waals surface area contributed by atoms with E-state index in [1.165, 1.54) is 17.0 Å². The molecule has 0 saturated carbocycles. The van der Waals surface area contributed by atoms with Gasteiger partial charge in [-0.15, -0.1) is 0 Å². The summed E-state index contributed by atoms with van der Waals surface area (Å²) >= 11 is 0. The summed E-state index contributed by atoms with van der Waals surface area (Å²) in [6, 6.07) is 5.05. The monoisotopic (exact) mass is 340 g/mol. The highest BCUT2D eigenvalue weighted by molar-refractivity contribution is 5.99. The van der Waals surface area contributed by atoms with E-state index in [1.54, 1.807) is 18.2 Å². The highest BCUT2D eigenvalue weighted by atomic mass is 16.3. The van der Waals surface area contributed by atoms with Crippen LogP contribution in [0.1, 0.15) is 21.0 Å². The first-order valence-corrected chi connectivity index (χ1v) is 7.84. The van der Waals surface area contributed by atoms with Crippen LogP contribution >= 0.6 is 0 Å². The van der Waals surface area contributed by atoms with Crippen LogP contribution < -0.4 is 16.4 Å². The first-order chi connectivity index (χ1) is 12.1. The van der Waals surface area contributed by atoms with Gasteiger partial charge in [-0.25, -0.2) is 9.97 Å². The Labute approximate surface area is 142 Å². The van der Waals surface area contributed by atoms with Crippen LogP contribution in [0.25, 0.3) is 17.1 Å². The van der Waals surface area contributed by atoms with Crippen molar-refractivity contribution in [2.24, 2.45) is 11.7 Å². The highest BCUT2D eigenvalue weighted by Crippen LogP contribution is 2.21. The number of nitrogens with zero attached hydrogens (tertiary/aromatic N) is 3. The molecule has 0 spiro atoms. The molecule has 0 radical (unpaired) electrons. The van der Waals surface area contributed by atoms with Crippen LogP contribution in [0.15, 0.2) is 35.2 Å². The third-order valence-corrected chi connectivity index (χ3v) is 4.16. The number of carbonyl (C=O) groups excluding carboxylic acids is 2. The summed E-state index contributed by atoms with van der Waals surface area (Å²) in [7, 11) is 0. The molecule has 0 aliphatic carbocycles. The van der Waals surface area contributed by atoms with Crippen LogP contribution in [0.4, 0.5) is 0 Å². The van der Waals surface area contributed by atoms with E-state index in [-0.39, 0.29) is 17.2 Å². The van der Waals surface area contributed by atoms with Gasteiger partial charge in [-0.1, -0.05) is 0 Å². The first-order valence-electron chi connectivity index (χ1n) is 7.84. The van der Waals surface area contributed by atoms with E-state index in [2.05, 4.69) is 20.6 Å². The van der Waals surface area contributed by atoms with E-state index in [0.717, 1.165) is 13.1 Å². The third-order valence-electron chi connectivity index (χ3n) is 4.16. The molecule has 0 bridgehead atoms.